The Kier molecular flexibility index (Phi) is 7.80. The van der Waals surface area contributed by atoms with Gasteiger partial charge in [-0.05, 0) is 38.8 Å². The molecule has 3 N–H and O–H groups in total. The first kappa shape index (κ1) is 16.6. The van der Waals surface area contributed by atoms with E-state index >= 15 is 0 Å². The smallest absolute Gasteiger partial charge is 0.239 e. The molecular formula is C15H27N3O2. The van der Waals surface area contributed by atoms with E-state index in [1.807, 2.05) is 26.0 Å². The molecule has 114 valence electrons. The zero-order valence-corrected chi connectivity index (χ0v) is 12.8. The van der Waals surface area contributed by atoms with Crippen molar-refractivity contribution in [2.24, 2.45) is 0 Å². The highest BCUT2D eigenvalue weighted by Crippen LogP contribution is 2.21. The predicted octanol–water partition coefficient (Wildman–Crippen LogP) is 3.07. The van der Waals surface area contributed by atoms with Gasteiger partial charge in [0.1, 0.15) is 5.82 Å². The summed E-state index contributed by atoms with van der Waals surface area (Å²) in [6.45, 7) is 8.52. The van der Waals surface area contributed by atoms with Crippen LogP contribution in [0.5, 0.6) is 5.88 Å². The molecule has 0 aromatic carbocycles. The van der Waals surface area contributed by atoms with Crippen molar-refractivity contribution in [1.29, 1.82) is 0 Å². The maximum absolute atomic E-state index is 5.83. The second kappa shape index (κ2) is 9.42. The first-order valence-electron chi connectivity index (χ1n) is 7.38. The summed E-state index contributed by atoms with van der Waals surface area (Å²) in [4.78, 5) is 4.36. The first-order chi connectivity index (χ1) is 9.63. The van der Waals surface area contributed by atoms with Gasteiger partial charge in [-0.1, -0.05) is 13.3 Å². The van der Waals surface area contributed by atoms with Crippen LogP contribution in [0.25, 0.3) is 0 Å². The minimum absolute atomic E-state index is 0.0621. The van der Waals surface area contributed by atoms with Crippen LogP contribution in [0, 0.1) is 0 Å². The summed E-state index contributed by atoms with van der Waals surface area (Å²) in [7, 11) is 0. The number of hydrogen-bond acceptors (Lipinski definition) is 5. The fraction of sp³-hybridized carbons (Fsp3) is 0.667. The van der Waals surface area contributed by atoms with E-state index < -0.39 is 0 Å². The van der Waals surface area contributed by atoms with Crippen molar-refractivity contribution in [2.45, 2.75) is 46.1 Å². The van der Waals surface area contributed by atoms with E-state index in [-0.39, 0.29) is 6.10 Å². The molecule has 0 saturated heterocycles. The van der Waals surface area contributed by atoms with Crippen molar-refractivity contribution in [3.05, 3.63) is 12.1 Å². The van der Waals surface area contributed by atoms with Crippen LogP contribution in [0.2, 0.25) is 0 Å². The molecule has 1 aromatic rings. The molecule has 0 fully saturated rings. The molecule has 0 atom stereocenters. The molecule has 1 heterocycles. The number of hydrogen-bond donors (Lipinski definition) is 2. The van der Waals surface area contributed by atoms with Gasteiger partial charge < -0.3 is 20.5 Å². The van der Waals surface area contributed by atoms with Crippen molar-refractivity contribution in [3.63, 3.8) is 0 Å². The zero-order chi connectivity index (χ0) is 14.8. The Morgan fingerprint density at radius 3 is 2.70 bits per heavy atom. The van der Waals surface area contributed by atoms with Gasteiger partial charge in [0, 0.05) is 19.8 Å². The Morgan fingerprint density at radius 2 is 2.00 bits per heavy atom. The van der Waals surface area contributed by atoms with Crippen LogP contribution in [-0.2, 0) is 4.74 Å². The van der Waals surface area contributed by atoms with Gasteiger partial charge in [-0.25, -0.2) is 0 Å². The first-order valence-corrected chi connectivity index (χ1v) is 7.38. The number of anilines is 2. The molecule has 5 nitrogen and oxygen atoms in total. The van der Waals surface area contributed by atoms with Crippen molar-refractivity contribution >= 4 is 11.5 Å². The molecule has 20 heavy (non-hydrogen) atoms. The minimum atomic E-state index is 0.0621. The molecule has 0 amide bonds. The van der Waals surface area contributed by atoms with Crippen LogP contribution >= 0.6 is 0 Å². The van der Waals surface area contributed by atoms with Gasteiger partial charge >= 0.3 is 0 Å². The Morgan fingerprint density at radius 1 is 1.25 bits per heavy atom. The number of nitrogens with one attached hydrogen (secondary N) is 1. The molecule has 0 unspecified atom stereocenters. The average molecular weight is 281 g/mol. The van der Waals surface area contributed by atoms with Gasteiger partial charge in [-0.2, -0.15) is 4.98 Å². The van der Waals surface area contributed by atoms with Crippen LogP contribution in [0.15, 0.2) is 12.1 Å². The Labute approximate surface area is 121 Å². The Hall–Kier alpha value is -1.49. The molecule has 0 saturated carbocycles. The maximum Gasteiger partial charge on any atom is 0.239 e. The summed E-state index contributed by atoms with van der Waals surface area (Å²) >= 11 is 0. The van der Waals surface area contributed by atoms with E-state index in [4.69, 9.17) is 15.2 Å². The normalized spacial score (nSPS) is 10.8. The molecule has 0 spiro atoms. The molecule has 0 aliphatic carbocycles. The summed E-state index contributed by atoms with van der Waals surface area (Å²) in [6.07, 6.45) is 3.32. The van der Waals surface area contributed by atoms with E-state index in [0.717, 1.165) is 38.4 Å². The number of pyridine rings is 1. The lowest BCUT2D eigenvalue weighted by Gasteiger charge is -2.13. The van der Waals surface area contributed by atoms with Crippen LogP contribution < -0.4 is 15.8 Å². The van der Waals surface area contributed by atoms with E-state index in [1.54, 1.807) is 0 Å². The number of unbranched alkanes of at least 4 members (excludes halogenated alkanes) is 1. The maximum atomic E-state index is 5.83. The van der Waals surface area contributed by atoms with Crippen molar-refractivity contribution in [1.82, 2.24) is 4.98 Å². The lowest BCUT2D eigenvalue weighted by molar-refractivity contribution is 0.131. The monoisotopic (exact) mass is 281 g/mol. The minimum Gasteiger partial charge on any atom is -0.473 e. The van der Waals surface area contributed by atoms with Crippen molar-refractivity contribution in [2.75, 3.05) is 30.8 Å². The molecule has 0 aliphatic heterocycles. The summed E-state index contributed by atoms with van der Waals surface area (Å²) in [5.74, 6) is 1.27. The zero-order valence-electron chi connectivity index (χ0n) is 12.8. The molecule has 0 aliphatic rings. The van der Waals surface area contributed by atoms with E-state index in [0.29, 0.717) is 11.6 Å². The fourth-order valence-corrected chi connectivity index (χ4v) is 1.61. The highest BCUT2D eigenvalue weighted by Gasteiger charge is 2.06. The third-order valence-electron chi connectivity index (χ3n) is 2.65. The average Bonchev–Trinajstić information content (AvgIpc) is 2.40. The Bertz CT molecular complexity index is 383. The number of rotatable bonds is 10. The molecule has 1 aromatic heterocycles. The van der Waals surface area contributed by atoms with E-state index in [2.05, 4.69) is 17.2 Å². The van der Waals surface area contributed by atoms with Gasteiger partial charge in [0.2, 0.25) is 5.88 Å². The quantitative estimate of drug-likeness (QED) is 0.645. The second-order valence-electron chi connectivity index (χ2n) is 5.00. The summed E-state index contributed by atoms with van der Waals surface area (Å²) in [6, 6.07) is 3.67. The van der Waals surface area contributed by atoms with Gasteiger partial charge in [0.05, 0.1) is 11.8 Å². The highest BCUT2D eigenvalue weighted by atomic mass is 16.5. The molecular weight excluding hydrogens is 254 g/mol. The summed E-state index contributed by atoms with van der Waals surface area (Å²) in [5, 5.41) is 3.25. The Balaban J connectivity index is 2.29. The number of nitrogen functional groups attached to an aromatic ring is 1. The third kappa shape index (κ3) is 6.61. The summed E-state index contributed by atoms with van der Waals surface area (Å²) < 4.78 is 11.1. The van der Waals surface area contributed by atoms with Gasteiger partial charge in [-0.3, -0.25) is 0 Å². The van der Waals surface area contributed by atoms with Crippen molar-refractivity contribution < 1.29 is 9.47 Å². The SMILES string of the molecule is CCCCOCCCNc1ccc(N)c(OC(C)C)n1. The lowest BCUT2D eigenvalue weighted by Crippen LogP contribution is -2.11. The van der Waals surface area contributed by atoms with Crippen LogP contribution in [0.4, 0.5) is 11.5 Å². The summed E-state index contributed by atoms with van der Waals surface area (Å²) in [5.41, 5.74) is 6.39. The number of nitrogens with zero attached hydrogens (tertiary/aromatic N) is 1. The van der Waals surface area contributed by atoms with Gasteiger partial charge in [-0.15, -0.1) is 0 Å². The molecule has 0 bridgehead atoms. The largest absolute Gasteiger partial charge is 0.473 e. The number of nitrogens with two attached hydrogens (primary N) is 1. The van der Waals surface area contributed by atoms with Gasteiger partial charge in [0.15, 0.2) is 0 Å². The lowest BCUT2D eigenvalue weighted by atomic mass is 10.3. The topological polar surface area (TPSA) is 69.4 Å². The van der Waals surface area contributed by atoms with E-state index in [9.17, 15) is 0 Å². The van der Waals surface area contributed by atoms with Crippen LogP contribution in [-0.4, -0.2) is 30.8 Å². The highest BCUT2D eigenvalue weighted by molar-refractivity contribution is 5.53. The molecule has 0 radical (unpaired) electrons. The van der Waals surface area contributed by atoms with Crippen LogP contribution in [0.3, 0.4) is 0 Å². The molecule has 5 heteroatoms. The predicted molar refractivity (Wildman–Crippen MR) is 83.2 cm³/mol. The van der Waals surface area contributed by atoms with Gasteiger partial charge in [0.25, 0.3) is 0 Å². The third-order valence-corrected chi connectivity index (χ3v) is 2.65. The molecule has 1 rings (SSSR count). The fourth-order valence-electron chi connectivity index (χ4n) is 1.61. The second-order valence-corrected chi connectivity index (χ2v) is 5.00. The number of ether oxygens (including phenoxy) is 2. The van der Waals surface area contributed by atoms with E-state index in [1.165, 1.54) is 6.42 Å². The van der Waals surface area contributed by atoms with Crippen LogP contribution in [0.1, 0.15) is 40.0 Å². The number of aromatic nitrogens is 1. The standard InChI is InChI=1S/C15H27N3O2/c1-4-5-10-19-11-6-9-17-14-8-7-13(16)15(18-14)20-12(2)3/h7-8,12H,4-6,9-11,16H2,1-3H3,(H,17,18). The van der Waals surface area contributed by atoms with Crippen molar-refractivity contribution in [3.8, 4) is 5.88 Å².